The number of nitrogens with one attached hydrogen (secondary N) is 8. The van der Waals surface area contributed by atoms with Crippen LogP contribution in [0.4, 0.5) is 107 Å². The maximum Gasteiger partial charge on any atom is 0.586 e. The van der Waals surface area contributed by atoms with Gasteiger partial charge in [0.05, 0.1) is 29.9 Å². The van der Waals surface area contributed by atoms with Crippen molar-refractivity contribution in [1.29, 1.82) is 0 Å². The molecule has 0 aromatic heterocycles. The normalized spacial score (nSPS) is 17.9. The quantitative estimate of drug-likeness (QED) is 0.0390. The van der Waals surface area contributed by atoms with Gasteiger partial charge >= 0.3 is 6.29 Å². The van der Waals surface area contributed by atoms with Gasteiger partial charge in [-0.25, -0.2) is 52.7 Å². The summed E-state index contributed by atoms with van der Waals surface area (Å²) in [5.74, 6) is -9.86. The van der Waals surface area contributed by atoms with E-state index < -0.39 is 70.2 Å². The molecule has 10 aliphatic rings. The first-order valence-corrected chi connectivity index (χ1v) is 41.2. The highest BCUT2D eigenvalue weighted by Crippen LogP contribution is 2.43. The van der Waals surface area contributed by atoms with Crippen LogP contribution in [0.5, 0.6) is 28.7 Å². The summed E-state index contributed by atoms with van der Waals surface area (Å²) < 4.78 is 208. The summed E-state index contributed by atoms with van der Waals surface area (Å²) in [7, 11) is 1.57. The Morgan fingerprint density at radius 2 is 0.697 bits per heavy atom. The molecular weight excluding hydrogens is 1640 g/mol. The van der Waals surface area contributed by atoms with E-state index in [1.807, 2.05) is 11.0 Å². The molecule has 8 aromatic carbocycles. The van der Waals surface area contributed by atoms with Crippen molar-refractivity contribution in [2.24, 2.45) is 0 Å². The number of hydrogen-bond donors (Lipinski definition) is 8. The molecule has 10 heterocycles. The second kappa shape index (κ2) is 46.0. The first-order chi connectivity index (χ1) is 58.9. The number of fused-ring (bicyclic) bond motifs is 2. The zero-order chi connectivity index (χ0) is 86.7. The third-order valence-electron chi connectivity index (χ3n) is 21.1. The predicted octanol–water partition coefficient (Wildman–Crippen LogP) is 11.8. The summed E-state index contributed by atoms with van der Waals surface area (Å²) in [6.07, 6.45) is -3.54. The Kier molecular flexibility index (Phi) is 35.0. The van der Waals surface area contributed by atoms with Gasteiger partial charge in [-0.05, 0) is 92.2 Å². The molecule has 0 amide bonds. The van der Waals surface area contributed by atoms with Crippen molar-refractivity contribution in [1.82, 2.24) is 42.5 Å². The lowest BCUT2D eigenvalue weighted by Gasteiger charge is -2.30. The van der Waals surface area contributed by atoms with E-state index in [1.165, 1.54) is 57.7 Å². The van der Waals surface area contributed by atoms with Gasteiger partial charge in [0.2, 0.25) is 0 Å². The Bertz CT molecular complexity index is 4540. The molecule has 8 fully saturated rings. The average molecular weight is 1740 g/mol. The van der Waals surface area contributed by atoms with Crippen LogP contribution in [-0.2, 0) is 0 Å². The molecule has 8 aromatic rings. The first kappa shape index (κ1) is 92.9. The van der Waals surface area contributed by atoms with Crippen LogP contribution in [0.2, 0.25) is 5.02 Å². The summed E-state index contributed by atoms with van der Waals surface area (Å²) in [5, 5.41) is 26.1. The number of methoxy groups -OCH3 is 1. The smallest absolute Gasteiger partial charge is 0.494 e. The fourth-order valence-electron chi connectivity index (χ4n) is 14.8. The fourth-order valence-corrected chi connectivity index (χ4v) is 14.9. The lowest BCUT2D eigenvalue weighted by atomic mass is 10.1. The van der Waals surface area contributed by atoms with E-state index in [0.29, 0.717) is 88.1 Å². The molecule has 0 saturated carbocycles. The number of halogens is 15. The van der Waals surface area contributed by atoms with Crippen molar-refractivity contribution >= 4 is 57.1 Å². The summed E-state index contributed by atoms with van der Waals surface area (Å²) in [6, 6.07) is 31.3. The van der Waals surface area contributed by atoms with Crippen molar-refractivity contribution in [3.63, 3.8) is 0 Å². The number of piperazine rings is 8. The number of ether oxygens (including phenoxy) is 5. The fraction of sp³-hybridized carbons (Fsp3) is 0.442. The Morgan fingerprint density at radius 1 is 0.311 bits per heavy atom. The topological polar surface area (TPSA) is 168 Å². The van der Waals surface area contributed by atoms with Crippen LogP contribution in [0.3, 0.4) is 0 Å². The zero-order valence-corrected chi connectivity index (χ0v) is 69.1. The predicted molar refractivity (Wildman–Crippen MR) is 450 cm³/mol. The standard InChI is InChI=1S/C12H16N2O2.C12H18N2.C11H12F2N2O2.C11H15FN2O.C10H12ClFN2.C10H10F4N2.2C10H11F3N2/c1-2-11-12(16-8-7-15-11)9-10(1)14-5-3-13-4-6-14;1-10-3-4-12(11(2)9-10)14-7-5-13-6-8-14;12-11(13)16-9-2-1-8(7-10(9)17-11)15-5-3-14-4-6-15;1-15-11-8-9(12)2-3-10(11)14-6-4-13-5-7-14;11-8-1-2-10(9(12)7-8)14-5-3-13-4-6-14;11-6-5-7(12)9(14)10(8(6)13)16-3-1-15-2-4-16;11-7-5-9(13)10(6-8(7)12)15-3-1-14-2-4-15;11-7-1-2-8(10(13)9(7)12)15-5-3-14-4-6-15/h1-2,9,13H,3-8H2;3-4,9,13H,5-8H2,1-2H3;1-2,7,14H,3-6H2;2-3,8,13H,4-7H2,1H3;1-2,7,13H,3-6H2;5,15H,1-4H2;5-6,14H,1-4H2;1-2,14H,3-6H2. The second-order valence-electron chi connectivity index (χ2n) is 29.5. The Balaban J connectivity index is 0.000000136. The van der Waals surface area contributed by atoms with E-state index in [2.05, 4.69) is 116 Å². The Hall–Kier alpha value is -9.85. The van der Waals surface area contributed by atoms with Crippen molar-refractivity contribution in [3.05, 3.63) is 207 Å². The number of nitrogens with zero attached hydrogens (tertiary/aromatic N) is 8. The van der Waals surface area contributed by atoms with E-state index >= 15 is 0 Å². The minimum Gasteiger partial charge on any atom is -0.494 e. The minimum atomic E-state index is -3.54. The molecule has 8 N–H and O–H groups in total. The van der Waals surface area contributed by atoms with Gasteiger partial charge in [0.15, 0.2) is 75.4 Å². The SMILES string of the molecule is COc1cc(F)ccc1N1CCNCC1.Cc1ccc(N2CCNCC2)c(C)c1.FC1(F)Oc2ccc(N3CCNCC3)cc2O1.Fc1cc(Cl)ccc1N1CCNCC1.Fc1cc(F)c(F)c(N2CCNCC2)c1F.Fc1cc(F)c(N2CCNCC2)cc1F.Fc1ccc(N2CCNCC2)c(F)c1F.c1cc2c(cc1N1CCNCC1)OCCO2. The Labute approximate surface area is 706 Å². The van der Waals surface area contributed by atoms with Crippen molar-refractivity contribution in [3.8, 4) is 28.7 Å². The van der Waals surface area contributed by atoms with Gasteiger partial charge < -0.3 is 105 Å². The number of benzene rings is 8. The van der Waals surface area contributed by atoms with E-state index in [0.717, 1.165) is 192 Å². The summed E-state index contributed by atoms with van der Waals surface area (Å²) >= 11 is 5.69. The molecule has 0 radical (unpaired) electrons. The van der Waals surface area contributed by atoms with Crippen molar-refractivity contribution in [2.45, 2.75) is 20.1 Å². The minimum absolute atomic E-state index is 0.0916. The summed E-state index contributed by atoms with van der Waals surface area (Å²) in [5.41, 5.74) is 7.53. The maximum atomic E-state index is 13.5. The van der Waals surface area contributed by atoms with Crippen LogP contribution in [0.25, 0.3) is 0 Å². The highest BCUT2D eigenvalue weighted by atomic mass is 35.5. The van der Waals surface area contributed by atoms with Gasteiger partial charge in [0.1, 0.15) is 42.1 Å². The van der Waals surface area contributed by atoms with E-state index in [4.69, 9.17) is 25.8 Å². The highest BCUT2D eigenvalue weighted by Gasteiger charge is 2.44. The summed E-state index contributed by atoms with van der Waals surface area (Å²) in [4.78, 5) is 15.9. The average Bonchev–Trinajstić information content (AvgIpc) is 1.56. The number of alkyl halides is 2. The maximum absolute atomic E-state index is 13.5. The molecule has 0 unspecified atom stereocenters. The molecular formula is C86H105ClF14N16O5. The van der Waals surface area contributed by atoms with Crippen LogP contribution in [0.15, 0.2) is 121 Å². The number of rotatable bonds is 9. The summed E-state index contributed by atoms with van der Waals surface area (Å²) in [6.45, 7) is 32.1. The third kappa shape index (κ3) is 26.4. The van der Waals surface area contributed by atoms with Gasteiger partial charge in [-0.2, -0.15) is 0 Å². The van der Waals surface area contributed by atoms with E-state index in [1.54, 1.807) is 47.2 Å². The zero-order valence-electron chi connectivity index (χ0n) is 68.4. The largest absolute Gasteiger partial charge is 0.586 e. The third-order valence-corrected chi connectivity index (χ3v) is 21.3. The van der Waals surface area contributed by atoms with Gasteiger partial charge in [-0.3, -0.25) is 0 Å². The van der Waals surface area contributed by atoms with Gasteiger partial charge in [0, 0.05) is 268 Å². The van der Waals surface area contributed by atoms with Crippen LogP contribution >= 0.6 is 11.6 Å². The molecule has 0 bridgehead atoms. The Morgan fingerprint density at radius 3 is 1.19 bits per heavy atom. The number of anilines is 8. The van der Waals surface area contributed by atoms with E-state index in [-0.39, 0.29) is 40.6 Å². The monoisotopic (exact) mass is 1740 g/mol. The van der Waals surface area contributed by atoms with Crippen LogP contribution in [0, 0.1) is 83.7 Å². The molecule has 0 atom stereocenters. The molecule has 36 heteroatoms. The molecule has 0 spiro atoms. The first-order valence-electron chi connectivity index (χ1n) is 40.8. The lowest BCUT2D eigenvalue weighted by Crippen LogP contribution is -2.44. The highest BCUT2D eigenvalue weighted by molar-refractivity contribution is 6.30. The molecule has 0 aliphatic carbocycles. The van der Waals surface area contributed by atoms with Crippen LogP contribution in [0.1, 0.15) is 11.1 Å². The molecule has 664 valence electrons. The van der Waals surface area contributed by atoms with Gasteiger partial charge in [-0.1, -0.05) is 29.3 Å². The molecule has 21 nitrogen and oxygen atoms in total. The molecule has 122 heavy (non-hydrogen) atoms. The van der Waals surface area contributed by atoms with Crippen LogP contribution in [-0.4, -0.2) is 236 Å². The van der Waals surface area contributed by atoms with E-state index in [9.17, 15) is 61.5 Å². The van der Waals surface area contributed by atoms with Crippen LogP contribution < -0.4 is 105 Å². The molecule has 8 saturated heterocycles. The molecule has 18 rings (SSSR count). The lowest BCUT2D eigenvalue weighted by molar-refractivity contribution is -0.286. The number of aryl methyl sites for hydroxylation is 2. The van der Waals surface area contributed by atoms with Crippen molar-refractivity contribution in [2.75, 3.05) is 269 Å². The van der Waals surface area contributed by atoms with Gasteiger partial charge in [0.25, 0.3) is 0 Å². The molecule has 10 aliphatic heterocycles. The van der Waals surface area contributed by atoms with Crippen molar-refractivity contribution < 1.29 is 85.2 Å². The number of hydrogen-bond acceptors (Lipinski definition) is 21. The van der Waals surface area contributed by atoms with Gasteiger partial charge in [-0.15, -0.1) is 8.78 Å². The second-order valence-corrected chi connectivity index (χ2v) is 29.9.